The number of rotatable bonds is 5. The first kappa shape index (κ1) is 18.4. The second kappa shape index (κ2) is 8.33. The number of hydrogen-bond acceptors (Lipinski definition) is 7. The number of nitrogens with one attached hydrogen (secondary N) is 2. The van der Waals surface area contributed by atoms with E-state index in [9.17, 15) is 0 Å². The van der Waals surface area contributed by atoms with Crippen LogP contribution in [0.2, 0.25) is 0 Å². The van der Waals surface area contributed by atoms with Gasteiger partial charge in [0, 0.05) is 31.1 Å². The number of anilines is 1. The second-order valence-corrected chi connectivity index (χ2v) is 6.61. The van der Waals surface area contributed by atoms with E-state index in [0.717, 1.165) is 49.2 Å². The fourth-order valence-electron chi connectivity index (χ4n) is 3.26. The number of ether oxygens (including phenoxy) is 2. The van der Waals surface area contributed by atoms with Gasteiger partial charge in [0.15, 0.2) is 16.6 Å². The molecule has 0 spiro atoms. The maximum absolute atomic E-state index is 5.43. The molecule has 0 radical (unpaired) electrons. The van der Waals surface area contributed by atoms with Crippen molar-refractivity contribution in [3.05, 3.63) is 18.5 Å². The van der Waals surface area contributed by atoms with Crippen LogP contribution in [0.15, 0.2) is 18.5 Å². The fraction of sp³-hybridized carbons (Fsp3) is 0.471. The van der Waals surface area contributed by atoms with Crippen molar-refractivity contribution in [1.29, 1.82) is 0 Å². The number of methoxy groups -OCH3 is 2. The van der Waals surface area contributed by atoms with Crippen molar-refractivity contribution in [2.24, 2.45) is 11.8 Å². The van der Waals surface area contributed by atoms with Gasteiger partial charge < -0.3 is 25.1 Å². The summed E-state index contributed by atoms with van der Waals surface area (Å²) in [5, 5.41) is 4.58. The third-order valence-corrected chi connectivity index (χ3v) is 4.98. The van der Waals surface area contributed by atoms with Crippen molar-refractivity contribution in [3.8, 4) is 11.5 Å². The highest BCUT2D eigenvalue weighted by molar-refractivity contribution is 7.80. The quantitative estimate of drug-likeness (QED) is 0.404. The molecule has 1 fully saturated rings. The van der Waals surface area contributed by atoms with Crippen LogP contribution in [-0.4, -0.2) is 48.9 Å². The molecule has 3 rings (SSSR count). The van der Waals surface area contributed by atoms with Crippen molar-refractivity contribution in [3.63, 3.8) is 0 Å². The number of nitrogens with zero attached hydrogens (tertiary/aromatic N) is 3. The molecule has 0 amide bonds. The zero-order valence-corrected chi connectivity index (χ0v) is 15.8. The van der Waals surface area contributed by atoms with Gasteiger partial charge in [0.05, 0.1) is 19.7 Å². The standard InChI is InChI=1S/C17H24N6O2S/c1-24-14-7-12-13(8-15(14)25-2)20-10-21-16(12)23-5-3-11(4-6-23)9-19-17(26)22-18/h7-8,10-11H,3-6,9,18H2,1-2H3,(H2,19,22,26). The Kier molecular flexibility index (Phi) is 5.89. The van der Waals surface area contributed by atoms with Gasteiger partial charge in [-0.1, -0.05) is 0 Å². The van der Waals surface area contributed by atoms with Crippen LogP contribution in [0.3, 0.4) is 0 Å². The number of fused-ring (bicyclic) bond motifs is 1. The molecule has 140 valence electrons. The number of benzene rings is 1. The van der Waals surface area contributed by atoms with Crippen LogP contribution in [-0.2, 0) is 0 Å². The minimum atomic E-state index is 0.482. The van der Waals surface area contributed by atoms with E-state index in [-0.39, 0.29) is 0 Å². The zero-order chi connectivity index (χ0) is 18.5. The summed E-state index contributed by atoms with van der Waals surface area (Å²) >= 11 is 5.02. The molecule has 2 heterocycles. The lowest BCUT2D eigenvalue weighted by atomic mass is 9.96. The molecule has 0 bridgehead atoms. The molecular weight excluding hydrogens is 352 g/mol. The molecule has 0 atom stereocenters. The molecule has 26 heavy (non-hydrogen) atoms. The first-order valence-electron chi connectivity index (χ1n) is 8.52. The third-order valence-electron chi connectivity index (χ3n) is 4.72. The van der Waals surface area contributed by atoms with Crippen LogP contribution in [0.5, 0.6) is 11.5 Å². The van der Waals surface area contributed by atoms with Crippen molar-refractivity contribution < 1.29 is 9.47 Å². The Morgan fingerprint density at radius 1 is 1.23 bits per heavy atom. The first-order valence-corrected chi connectivity index (χ1v) is 8.93. The van der Waals surface area contributed by atoms with Crippen molar-refractivity contribution in [2.75, 3.05) is 38.8 Å². The van der Waals surface area contributed by atoms with Gasteiger partial charge in [-0.3, -0.25) is 0 Å². The van der Waals surface area contributed by atoms with E-state index < -0.39 is 0 Å². The lowest BCUT2D eigenvalue weighted by Crippen LogP contribution is -2.44. The number of aromatic nitrogens is 2. The largest absolute Gasteiger partial charge is 0.493 e. The minimum absolute atomic E-state index is 0.482. The molecule has 1 aromatic carbocycles. The van der Waals surface area contributed by atoms with E-state index in [2.05, 4.69) is 25.6 Å². The van der Waals surface area contributed by atoms with E-state index in [4.69, 9.17) is 27.5 Å². The highest BCUT2D eigenvalue weighted by Gasteiger charge is 2.22. The van der Waals surface area contributed by atoms with Crippen LogP contribution in [0, 0.1) is 5.92 Å². The second-order valence-electron chi connectivity index (χ2n) is 6.21. The highest BCUT2D eigenvalue weighted by Crippen LogP contribution is 2.35. The monoisotopic (exact) mass is 376 g/mol. The van der Waals surface area contributed by atoms with E-state index in [1.807, 2.05) is 12.1 Å². The normalized spacial score (nSPS) is 15.0. The van der Waals surface area contributed by atoms with Gasteiger partial charge >= 0.3 is 0 Å². The van der Waals surface area contributed by atoms with Gasteiger partial charge in [-0.25, -0.2) is 15.8 Å². The van der Waals surface area contributed by atoms with E-state index in [1.165, 1.54) is 0 Å². The molecule has 4 N–H and O–H groups in total. The molecule has 1 aliphatic heterocycles. The Balaban J connectivity index is 1.76. The summed E-state index contributed by atoms with van der Waals surface area (Å²) in [6, 6.07) is 3.83. The van der Waals surface area contributed by atoms with Gasteiger partial charge in [0.1, 0.15) is 12.1 Å². The predicted octanol–water partition coefficient (Wildman–Crippen LogP) is 1.20. The molecule has 1 saturated heterocycles. The van der Waals surface area contributed by atoms with Crippen LogP contribution < -0.4 is 31.0 Å². The summed E-state index contributed by atoms with van der Waals surface area (Å²) in [7, 11) is 3.25. The molecule has 2 aromatic rings. The molecule has 0 aliphatic carbocycles. The summed E-state index contributed by atoms with van der Waals surface area (Å²) in [5.41, 5.74) is 3.29. The van der Waals surface area contributed by atoms with Gasteiger partial charge in [-0.15, -0.1) is 0 Å². The summed E-state index contributed by atoms with van der Waals surface area (Å²) in [6.07, 6.45) is 3.71. The minimum Gasteiger partial charge on any atom is -0.493 e. The van der Waals surface area contributed by atoms with Gasteiger partial charge in [-0.2, -0.15) is 0 Å². The van der Waals surface area contributed by atoms with Crippen LogP contribution >= 0.6 is 12.2 Å². The van der Waals surface area contributed by atoms with E-state index >= 15 is 0 Å². The Morgan fingerprint density at radius 3 is 2.58 bits per heavy atom. The maximum atomic E-state index is 5.43. The first-order chi connectivity index (χ1) is 12.7. The van der Waals surface area contributed by atoms with Crippen LogP contribution in [0.1, 0.15) is 12.8 Å². The summed E-state index contributed by atoms with van der Waals surface area (Å²) in [5.74, 6) is 8.12. The molecule has 1 aliphatic rings. The smallest absolute Gasteiger partial charge is 0.180 e. The fourth-order valence-corrected chi connectivity index (χ4v) is 3.34. The number of nitrogens with two attached hydrogens (primary N) is 1. The van der Waals surface area contributed by atoms with E-state index in [0.29, 0.717) is 22.5 Å². The average Bonchev–Trinajstić information content (AvgIpc) is 2.70. The number of hydrazine groups is 1. The Hall–Kier alpha value is -2.39. The highest BCUT2D eigenvalue weighted by atomic mass is 32.1. The van der Waals surface area contributed by atoms with E-state index in [1.54, 1.807) is 20.5 Å². The van der Waals surface area contributed by atoms with Crippen molar-refractivity contribution in [2.45, 2.75) is 12.8 Å². The topological polar surface area (TPSA) is 97.6 Å². The number of thiocarbonyl (C=S) groups is 1. The molecular formula is C17H24N6O2S. The van der Waals surface area contributed by atoms with Crippen molar-refractivity contribution >= 4 is 34.1 Å². The van der Waals surface area contributed by atoms with Crippen LogP contribution in [0.4, 0.5) is 5.82 Å². The molecule has 0 saturated carbocycles. The van der Waals surface area contributed by atoms with Gasteiger partial charge in [0.25, 0.3) is 0 Å². The molecule has 8 nitrogen and oxygen atoms in total. The predicted molar refractivity (Wildman–Crippen MR) is 106 cm³/mol. The Morgan fingerprint density at radius 2 is 1.92 bits per heavy atom. The lowest BCUT2D eigenvalue weighted by Gasteiger charge is -2.33. The average molecular weight is 376 g/mol. The summed E-state index contributed by atoms with van der Waals surface area (Å²) < 4.78 is 10.8. The maximum Gasteiger partial charge on any atom is 0.180 e. The zero-order valence-electron chi connectivity index (χ0n) is 15.0. The Bertz CT molecular complexity index is 779. The molecule has 9 heteroatoms. The number of hydrogen-bond donors (Lipinski definition) is 3. The van der Waals surface area contributed by atoms with Gasteiger partial charge in [-0.05, 0) is 37.0 Å². The summed E-state index contributed by atoms with van der Waals surface area (Å²) in [4.78, 5) is 11.2. The SMILES string of the molecule is COc1cc2ncnc(N3CCC(CNC(=S)NN)CC3)c2cc1OC. The third kappa shape index (κ3) is 3.88. The molecule has 1 aromatic heterocycles. The summed E-state index contributed by atoms with van der Waals surface area (Å²) in [6.45, 7) is 2.68. The van der Waals surface area contributed by atoms with Crippen molar-refractivity contribution in [1.82, 2.24) is 20.7 Å². The lowest BCUT2D eigenvalue weighted by molar-refractivity contribution is 0.355. The van der Waals surface area contributed by atoms with Crippen LogP contribution in [0.25, 0.3) is 10.9 Å². The number of piperidine rings is 1. The Labute approximate surface area is 158 Å². The van der Waals surface area contributed by atoms with Gasteiger partial charge in [0.2, 0.25) is 0 Å². The molecule has 0 unspecified atom stereocenters.